The summed E-state index contributed by atoms with van der Waals surface area (Å²) in [5.74, 6) is -15.4. The van der Waals surface area contributed by atoms with Crippen LogP contribution in [0.2, 0.25) is 0 Å². The molecule has 3 heterocycles. The third-order valence-electron chi connectivity index (χ3n) is 20.9. The Bertz CT molecular complexity index is 3500. The summed E-state index contributed by atoms with van der Waals surface area (Å²) in [6, 6.07) is -13.7. The molecule has 13 atom stereocenters. The quantitative estimate of drug-likeness (QED) is 0.0122. The van der Waals surface area contributed by atoms with Crippen LogP contribution in [0.1, 0.15) is 241 Å². The molecular formula is C80H141N23O18. The second-order valence-electron chi connectivity index (χ2n) is 32.3. The maximum Gasteiger partial charge on any atom is 0.326 e. The number of aromatic nitrogens is 2. The van der Waals surface area contributed by atoms with Gasteiger partial charge in [0.15, 0.2) is 11.9 Å². The minimum Gasteiger partial charge on any atom is -0.481 e. The van der Waals surface area contributed by atoms with Crippen LogP contribution in [0.15, 0.2) is 22.5 Å². The molecule has 13 amide bonds. The molecule has 3 rings (SSSR count). The number of ether oxygens (including phenoxy) is 1. The summed E-state index contributed by atoms with van der Waals surface area (Å²) in [6.07, 6.45) is 18.2. The van der Waals surface area contributed by atoms with Crippen LogP contribution in [0.5, 0.6) is 0 Å². The summed E-state index contributed by atoms with van der Waals surface area (Å²) in [6.45, 7) is 14.0. The molecule has 1 aromatic heterocycles. The third-order valence-corrected chi connectivity index (χ3v) is 20.9. The summed E-state index contributed by atoms with van der Waals surface area (Å²) in [5, 5.41) is 48.1. The number of carbonyl (C=O) groups excluding carboxylic acids is 13. The fourth-order valence-electron chi connectivity index (χ4n) is 13.7. The molecule has 0 saturated carbocycles. The Morgan fingerprint density at radius 2 is 1.02 bits per heavy atom. The number of carboxylic acids is 2. The number of unbranched alkanes of at least 4 members (excludes halogenated alkanes) is 10. The fourth-order valence-corrected chi connectivity index (χ4v) is 13.7. The van der Waals surface area contributed by atoms with Gasteiger partial charge in [0.25, 0.3) is 0 Å². The highest BCUT2D eigenvalue weighted by atomic mass is 16.6. The van der Waals surface area contributed by atoms with E-state index in [1.807, 2.05) is 0 Å². The van der Waals surface area contributed by atoms with Crippen molar-refractivity contribution < 1.29 is 86.9 Å². The number of likely N-dealkylation sites (tertiary alicyclic amines) is 1. The number of hydrogen-bond donors (Lipinski definition) is 21. The Morgan fingerprint density at radius 1 is 0.521 bits per heavy atom. The van der Waals surface area contributed by atoms with Crippen LogP contribution in [0.4, 0.5) is 0 Å². The van der Waals surface area contributed by atoms with Crippen LogP contribution in [0, 0.1) is 23.7 Å². The normalized spacial score (nSPS) is 16.6. The molecule has 0 aromatic carbocycles. The molecule has 684 valence electrons. The first-order valence-corrected chi connectivity index (χ1v) is 43.0. The van der Waals surface area contributed by atoms with E-state index in [2.05, 4.69) is 96.2 Å². The minimum atomic E-state index is -1.60. The predicted molar refractivity (Wildman–Crippen MR) is 451 cm³/mol. The zero-order chi connectivity index (χ0) is 90.1. The van der Waals surface area contributed by atoms with Gasteiger partial charge in [0.2, 0.25) is 76.8 Å². The van der Waals surface area contributed by atoms with Crippen molar-refractivity contribution in [2.24, 2.45) is 62.3 Å². The molecule has 0 spiro atoms. The molecular weight excluding hydrogens is 1570 g/mol. The largest absolute Gasteiger partial charge is 0.481 e. The van der Waals surface area contributed by atoms with Gasteiger partial charge in [-0.05, 0) is 120 Å². The maximum atomic E-state index is 14.8. The maximum absolute atomic E-state index is 14.8. The molecule has 0 aliphatic carbocycles. The lowest BCUT2D eigenvalue weighted by atomic mass is 9.96. The lowest BCUT2D eigenvalue weighted by Gasteiger charge is -2.32. The first-order valence-electron chi connectivity index (χ1n) is 43.0. The van der Waals surface area contributed by atoms with Crippen molar-refractivity contribution in [2.45, 2.75) is 315 Å². The van der Waals surface area contributed by atoms with Crippen LogP contribution in [0.25, 0.3) is 0 Å². The molecule has 2 fully saturated rings. The molecule has 2 aliphatic heterocycles. The Kier molecular flexibility index (Phi) is 50.1. The Morgan fingerprint density at radius 3 is 1.57 bits per heavy atom. The average Bonchev–Trinajstić information content (AvgIpc) is 1.75. The number of rotatable bonds is 64. The molecule has 121 heavy (non-hydrogen) atoms. The molecule has 0 unspecified atom stereocenters. The molecule has 2 aliphatic rings. The van der Waals surface area contributed by atoms with Crippen LogP contribution < -0.4 is 98.0 Å². The number of aromatic amines is 1. The molecule has 1 aromatic rings. The zero-order valence-electron chi connectivity index (χ0n) is 72.2. The van der Waals surface area contributed by atoms with Crippen molar-refractivity contribution >= 4 is 101 Å². The molecule has 41 heteroatoms. The Labute approximate surface area is 709 Å². The first kappa shape index (κ1) is 105. The molecule has 26 N–H and O–H groups in total. The number of H-pyrrole nitrogens is 1. The number of carboxylic acid groups (broad SMARTS) is 2. The number of hydrazine groups is 1. The van der Waals surface area contributed by atoms with E-state index in [9.17, 15) is 82.1 Å². The number of imidazole rings is 1. The highest BCUT2D eigenvalue weighted by Gasteiger charge is 2.42. The second-order valence-corrected chi connectivity index (χ2v) is 32.3. The lowest BCUT2D eigenvalue weighted by Crippen LogP contribution is -2.61. The van der Waals surface area contributed by atoms with Gasteiger partial charge in [-0.3, -0.25) is 82.5 Å². The SMILES string of the molecule is CCCCCCCC[C@@H]1O[C@@H]1CCCCCCCC(=O)NNCC(=O)N[C@@H](CCCN=C(N)N)C(=O)NCC(=O)N[C@@H](CCCN=C(N)N)C(=O)N[C@H](C(=O)N[C@@H](CC(C)C)C(=O)N[C@@H](CCCCN)C(=O)N[C@@H](CCC(=O)O)C(=O)N1CCC[C@H]1C(=O)N[C@H](C(=O)N[C@@H](Cc1cnc[nH]1)C(=O)NCC(=O)N[C@H](C(=O)O)C(C)C)C(C)C)[C@@H](C)CC. The van der Waals surface area contributed by atoms with E-state index >= 15 is 0 Å². The van der Waals surface area contributed by atoms with Gasteiger partial charge in [0.05, 0.1) is 38.2 Å². The molecule has 0 radical (unpaired) electrons. The van der Waals surface area contributed by atoms with Crippen molar-refractivity contribution in [1.82, 2.24) is 84.2 Å². The lowest BCUT2D eigenvalue weighted by molar-refractivity contribution is -0.144. The van der Waals surface area contributed by atoms with E-state index in [4.69, 9.17) is 33.4 Å². The van der Waals surface area contributed by atoms with Crippen molar-refractivity contribution in [3.05, 3.63) is 18.2 Å². The number of nitrogens with zero attached hydrogens (tertiary/aromatic N) is 4. The standard InChI is InChI=1S/C80H141N23O18/c1-10-12-13-14-16-19-31-59-60(121-59)32-20-17-15-18-21-33-61(104)102-92-45-64(107)93-52(28-24-37-87-79(82)83)69(110)89-43-62(105)94-53(29-25-38-88-80(84)85)72(113)101-68(50(9)11-2)76(117)97-56(40-47(3)4)73(114)95-54(27-22-23-36-81)71(112)96-55(34-35-65(108)109)77(118)103-39-26-30-58(103)74(115)100-66(48(5)6)75(116)98-57(41-51-42-86-46-91-51)70(111)90-44-63(106)99-67(49(7)8)78(119)120/h42,46-50,52-60,66-68,92H,10-41,43-45,81H2,1-9H3,(H,86,91)(H,89,110)(H,90,111)(H,93,107)(H,94,105)(H,95,114)(H,96,112)(H,97,117)(H,98,116)(H,99,106)(H,100,115)(H,101,113)(H,102,104)(H,108,109)(H,119,120)(H4,82,83,87)(H4,84,85,88)/t50-,52-,53-,54-,55-,56-,57-,58-,59-,60+,66-,67-,68-/m0/s1. The van der Waals surface area contributed by atoms with Crippen molar-refractivity contribution in [1.29, 1.82) is 0 Å². The number of epoxide rings is 1. The Hall–Kier alpha value is -10.3. The number of hydrogen-bond acceptors (Lipinski definition) is 21. The zero-order valence-corrected chi connectivity index (χ0v) is 72.2. The van der Waals surface area contributed by atoms with Gasteiger partial charge in [-0.25, -0.2) is 15.2 Å². The van der Waals surface area contributed by atoms with Crippen LogP contribution >= 0.6 is 0 Å². The highest BCUT2D eigenvalue weighted by Crippen LogP contribution is 2.32. The van der Waals surface area contributed by atoms with Crippen molar-refractivity contribution in [3.8, 4) is 0 Å². The number of amides is 13. The van der Waals surface area contributed by atoms with Gasteiger partial charge < -0.3 is 112 Å². The highest BCUT2D eigenvalue weighted by molar-refractivity contribution is 6.00. The first-order chi connectivity index (χ1) is 57.5. The summed E-state index contributed by atoms with van der Waals surface area (Å²) in [5.41, 5.74) is 33.6. The molecule has 2 saturated heterocycles. The van der Waals surface area contributed by atoms with E-state index in [0.717, 1.165) is 43.4 Å². The summed E-state index contributed by atoms with van der Waals surface area (Å²) in [7, 11) is 0. The van der Waals surface area contributed by atoms with Gasteiger partial charge in [0.1, 0.15) is 60.4 Å². The van der Waals surface area contributed by atoms with Crippen molar-refractivity contribution in [3.63, 3.8) is 0 Å². The van der Waals surface area contributed by atoms with Gasteiger partial charge in [-0.2, -0.15) is 0 Å². The predicted octanol–water partition coefficient (Wildman–Crippen LogP) is -1.00. The minimum absolute atomic E-state index is 0.00481. The van der Waals surface area contributed by atoms with Crippen LogP contribution in [0.3, 0.4) is 0 Å². The summed E-state index contributed by atoms with van der Waals surface area (Å²) >= 11 is 0. The monoisotopic (exact) mass is 1710 g/mol. The van der Waals surface area contributed by atoms with E-state index in [-0.39, 0.29) is 121 Å². The number of guanidine groups is 2. The smallest absolute Gasteiger partial charge is 0.326 e. The van der Waals surface area contributed by atoms with E-state index < -0.39 is 193 Å². The average molecular weight is 1710 g/mol. The van der Waals surface area contributed by atoms with Gasteiger partial charge in [-0.15, -0.1) is 0 Å². The van der Waals surface area contributed by atoms with Crippen LogP contribution in [-0.2, 0) is 83.1 Å². The molecule has 41 nitrogen and oxygen atoms in total. The number of nitrogens with one attached hydrogen (secondary N) is 14. The number of aliphatic imine (C=N–C) groups is 2. The number of carbonyl (C=O) groups is 15. The Balaban J connectivity index is 1.76. The van der Waals surface area contributed by atoms with E-state index in [1.165, 1.54) is 51.0 Å². The van der Waals surface area contributed by atoms with E-state index in [0.29, 0.717) is 37.2 Å². The second kappa shape index (κ2) is 57.8. The molecule has 0 bridgehead atoms. The summed E-state index contributed by atoms with van der Waals surface area (Å²) < 4.78 is 5.87. The van der Waals surface area contributed by atoms with Gasteiger partial charge in [-0.1, -0.05) is 133 Å². The number of aliphatic carboxylic acids is 2. The van der Waals surface area contributed by atoms with Gasteiger partial charge in [0, 0.05) is 50.8 Å². The van der Waals surface area contributed by atoms with Crippen molar-refractivity contribution in [2.75, 3.05) is 45.8 Å². The van der Waals surface area contributed by atoms with Crippen LogP contribution in [-0.4, -0.2) is 244 Å². The third kappa shape index (κ3) is 42.6. The van der Waals surface area contributed by atoms with Gasteiger partial charge >= 0.3 is 11.9 Å². The topological polar surface area (TPSA) is 652 Å². The van der Waals surface area contributed by atoms with E-state index in [1.54, 1.807) is 55.4 Å². The fraction of sp³-hybridized carbons (Fsp3) is 0.750. The number of nitrogens with two attached hydrogens (primary N) is 5. The summed E-state index contributed by atoms with van der Waals surface area (Å²) in [4.78, 5) is 222.